The number of hydrogen-bond acceptors (Lipinski definition) is 1. The van der Waals surface area contributed by atoms with Gasteiger partial charge in [-0.05, 0) is 0 Å². The monoisotopic (exact) mass is 112 g/mol. The third-order valence-electron chi connectivity index (χ3n) is 1.17. The number of aromatic nitrogens is 2. The number of rotatable bonds is 0. The number of hydrogen-bond donors (Lipinski definition) is 1. The first kappa shape index (κ1) is 5.15. The Bertz CT molecular complexity index is 170. The van der Waals surface area contributed by atoms with E-state index >= 15 is 0 Å². The first-order valence-corrected chi connectivity index (χ1v) is 2.48. The predicted molar refractivity (Wildman–Crippen MR) is 31.0 cm³/mol. The molecule has 0 fully saturated rings. The molecule has 3 nitrogen and oxygen atoms in total. The van der Waals surface area contributed by atoms with E-state index in [1.165, 1.54) is 0 Å². The average Bonchev–Trinajstić information content (AvgIpc) is 1.85. The van der Waals surface area contributed by atoms with E-state index in [1.807, 2.05) is 35.9 Å². The molecule has 2 N–H and O–H groups in total. The second-order valence-corrected chi connectivity index (χ2v) is 1.91. The maximum Gasteiger partial charge on any atom is 0.218 e. The van der Waals surface area contributed by atoms with Crippen LogP contribution < -0.4 is 10.4 Å². The van der Waals surface area contributed by atoms with Crippen molar-refractivity contribution < 1.29 is 4.68 Å². The fourth-order valence-electron chi connectivity index (χ4n) is 0.647. The van der Waals surface area contributed by atoms with E-state index in [9.17, 15) is 0 Å². The van der Waals surface area contributed by atoms with Crippen LogP contribution in [0.1, 0.15) is 0 Å². The van der Waals surface area contributed by atoms with E-state index in [0.717, 1.165) is 5.69 Å². The van der Waals surface area contributed by atoms with Crippen LogP contribution in [0.4, 0.5) is 5.69 Å². The van der Waals surface area contributed by atoms with Crippen molar-refractivity contribution in [2.45, 2.75) is 0 Å². The van der Waals surface area contributed by atoms with Crippen LogP contribution in [-0.2, 0) is 14.1 Å². The molecule has 0 unspecified atom stereocenters. The second-order valence-electron chi connectivity index (χ2n) is 1.91. The molecule has 44 valence electrons. The Kier molecular flexibility index (Phi) is 0.970. The van der Waals surface area contributed by atoms with E-state index in [4.69, 9.17) is 5.73 Å². The molecule has 3 heteroatoms. The van der Waals surface area contributed by atoms with Gasteiger partial charge in [-0.25, -0.2) is 0 Å². The zero-order valence-corrected chi connectivity index (χ0v) is 5.13. The van der Waals surface area contributed by atoms with E-state index < -0.39 is 0 Å². The number of anilines is 1. The number of aryl methyl sites for hydroxylation is 2. The summed E-state index contributed by atoms with van der Waals surface area (Å²) in [5.41, 5.74) is 6.24. The van der Waals surface area contributed by atoms with E-state index in [2.05, 4.69) is 0 Å². The van der Waals surface area contributed by atoms with Gasteiger partial charge in [-0.15, -0.1) is 4.68 Å². The highest BCUT2D eigenvalue weighted by atomic mass is 15.4. The summed E-state index contributed by atoms with van der Waals surface area (Å²) >= 11 is 0. The Morgan fingerprint density at radius 2 is 2.38 bits per heavy atom. The lowest BCUT2D eigenvalue weighted by atomic mass is 10.6. The molecule has 1 rings (SSSR count). The van der Waals surface area contributed by atoms with E-state index in [0.29, 0.717) is 0 Å². The molecular weight excluding hydrogens is 102 g/mol. The van der Waals surface area contributed by atoms with Gasteiger partial charge in [-0.2, -0.15) is 4.68 Å². The van der Waals surface area contributed by atoms with Gasteiger partial charge in [0.2, 0.25) is 6.20 Å². The van der Waals surface area contributed by atoms with Crippen LogP contribution in [-0.4, -0.2) is 4.68 Å². The minimum Gasteiger partial charge on any atom is -0.392 e. The van der Waals surface area contributed by atoms with Crippen molar-refractivity contribution in [1.29, 1.82) is 0 Å². The van der Waals surface area contributed by atoms with Crippen LogP contribution in [0.3, 0.4) is 0 Å². The Morgan fingerprint density at radius 3 is 2.50 bits per heavy atom. The summed E-state index contributed by atoms with van der Waals surface area (Å²) in [6, 6.07) is 0. The Morgan fingerprint density at radius 1 is 1.75 bits per heavy atom. The van der Waals surface area contributed by atoms with Gasteiger partial charge in [-0.1, -0.05) is 0 Å². The molecule has 0 spiro atoms. The zero-order valence-electron chi connectivity index (χ0n) is 5.13. The topological polar surface area (TPSA) is 34.8 Å². The smallest absolute Gasteiger partial charge is 0.218 e. The Labute approximate surface area is 48.3 Å². The van der Waals surface area contributed by atoms with Gasteiger partial charge >= 0.3 is 0 Å². The minimum atomic E-state index is 0.801. The highest BCUT2D eigenvalue weighted by Gasteiger charge is 1.98. The van der Waals surface area contributed by atoms with Gasteiger partial charge in [0.05, 0.1) is 13.2 Å². The van der Waals surface area contributed by atoms with Gasteiger partial charge in [0, 0.05) is 0 Å². The molecule has 0 aliphatic carbocycles. The van der Waals surface area contributed by atoms with Crippen LogP contribution in [0, 0.1) is 0 Å². The SMILES string of the molecule is Cn1cc(N)c[n+]1C. The van der Waals surface area contributed by atoms with Crippen LogP contribution in [0.2, 0.25) is 0 Å². The second kappa shape index (κ2) is 1.51. The van der Waals surface area contributed by atoms with Crippen LogP contribution in [0.5, 0.6) is 0 Å². The molecule has 1 aromatic rings. The van der Waals surface area contributed by atoms with Crippen molar-refractivity contribution in [3.63, 3.8) is 0 Å². The number of nitrogens with zero attached hydrogens (tertiary/aromatic N) is 2. The molecule has 0 aliphatic heterocycles. The molecule has 0 amide bonds. The molecule has 0 aliphatic rings. The van der Waals surface area contributed by atoms with E-state index in [1.54, 1.807) is 0 Å². The highest BCUT2D eigenvalue weighted by Crippen LogP contribution is 1.91. The van der Waals surface area contributed by atoms with Gasteiger partial charge in [-0.3, -0.25) is 0 Å². The zero-order chi connectivity index (χ0) is 6.15. The molecule has 0 saturated heterocycles. The molecule has 1 aromatic heterocycles. The first-order chi connectivity index (χ1) is 3.70. The Hall–Kier alpha value is -0.990. The van der Waals surface area contributed by atoms with Gasteiger partial charge in [0.1, 0.15) is 5.69 Å². The van der Waals surface area contributed by atoms with Crippen molar-refractivity contribution in [3.8, 4) is 0 Å². The Balaban J connectivity index is 3.14. The molecule has 8 heavy (non-hydrogen) atoms. The molecule has 0 atom stereocenters. The molecule has 0 aromatic carbocycles. The first-order valence-electron chi connectivity index (χ1n) is 2.48. The predicted octanol–water partition coefficient (Wildman–Crippen LogP) is -0.568. The number of nitrogens with two attached hydrogens (primary N) is 1. The summed E-state index contributed by atoms with van der Waals surface area (Å²) in [5, 5.41) is 0. The normalized spacial score (nSPS) is 9.75. The summed E-state index contributed by atoms with van der Waals surface area (Å²) in [7, 11) is 3.88. The molecule has 0 saturated carbocycles. The van der Waals surface area contributed by atoms with Gasteiger partial charge in [0.25, 0.3) is 0 Å². The maximum atomic E-state index is 5.44. The average molecular weight is 112 g/mol. The lowest BCUT2D eigenvalue weighted by Crippen LogP contribution is -2.35. The van der Waals surface area contributed by atoms with Gasteiger partial charge < -0.3 is 5.73 Å². The van der Waals surface area contributed by atoms with Crippen LogP contribution >= 0.6 is 0 Å². The van der Waals surface area contributed by atoms with Crippen LogP contribution in [0.15, 0.2) is 12.4 Å². The highest BCUT2D eigenvalue weighted by molar-refractivity contribution is 5.27. The third-order valence-corrected chi connectivity index (χ3v) is 1.17. The lowest BCUT2D eigenvalue weighted by Gasteiger charge is -1.82. The van der Waals surface area contributed by atoms with Gasteiger partial charge in [0.15, 0.2) is 7.05 Å². The van der Waals surface area contributed by atoms with Crippen molar-refractivity contribution in [2.24, 2.45) is 14.1 Å². The fourth-order valence-corrected chi connectivity index (χ4v) is 0.647. The lowest BCUT2D eigenvalue weighted by molar-refractivity contribution is -0.750. The van der Waals surface area contributed by atoms with Crippen molar-refractivity contribution >= 4 is 5.69 Å². The summed E-state index contributed by atoms with van der Waals surface area (Å²) in [6.45, 7) is 0. The fraction of sp³-hybridized carbons (Fsp3) is 0.400. The third kappa shape index (κ3) is 0.665. The van der Waals surface area contributed by atoms with Crippen molar-refractivity contribution in [2.75, 3.05) is 5.73 Å². The van der Waals surface area contributed by atoms with Crippen LogP contribution in [0.25, 0.3) is 0 Å². The maximum absolute atomic E-state index is 5.44. The van der Waals surface area contributed by atoms with Crippen molar-refractivity contribution in [3.05, 3.63) is 12.4 Å². The minimum absolute atomic E-state index is 0.801. The number of nitrogen functional groups attached to an aromatic ring is 1. The summed E-state index contributed by atoms with van der Waals surface area (Å²) in [4.78, 5) is 0. The summed E-state index contributed by atoms with van der Waals surface area (Å²) < 4.78 is 3.82. The molecule has 1 heterocycles. The quantitative estimate of drug-likeness (QED) is 0.448. The molecular formula is C5H10N3+. The summed E-state index contributed by atoms with van der Waals surface area (Å²) in [6.07, 6.45) is 3.72. The summed E-state index contributed by atoms with van der Waals surface area (Å²) in [5.74, 6) is 0. The largest absolute Gasteiger partial charge is 0.392 e. The van der Waals surface area contributed by atoms with E-state index in [-0.39, 0.29) is 0 Å². The molecule has 0 bridgehead atoms. The molecule has 0 radical (unpaired) electrons. The standard InChI is InChI=1S/C5H10N3/c1-7-3-5(6)4-8(7)2/h3-4H,6H2,1-2H3/q+1. The van der Waals surface area contributed by atoms with Crippen molar-refractivity contribution in [1.82, 2.24) is 4.68 Å².